The molecular weight excluding hydrogens is 401 g/mol. The number of ether oxygens (including phenoxy) is 1. The van der Waals surface area contributed by atoms with Crippen molar-refractivity contribution in [2.75, 3.05) is 13.7 Å². The van der Waals surface area contributed by atoms with Gasteiger partial charge in [-0.3, -0.25) is 13.7 Å². The summed E-state index contributed by atoms with van der Waals surface area (Å²) >= 11 is 0. The molecule has 1 saturated heterocycles. The van der Waals surface area contributed by atoms with Crippen molar-refractivity contribution in [2.24, 2.45) is 11.8 Å². The Morgan fingerprint density at radius 2 is 1.60 bits per heavy atom. The van der Waals surface area contributed by atoms with Crippen LogP contribution in [-0.2, 0) is 36.1 Å². The summed E-state index contributed by atoms with van der Waals surface area (Å²) in [6.07, 6.45) is 2.99. The van der Waals surface area contributed by atoms with Crippen LogP contribution < -0.4 is 14.7 Å². The molecule has 11 nitrogen and oxygen atoms in total. The topological polar surface area (TPSA) is 167 Å². The van der Waals surface area contributed by atoms with Gasteiger partial charge in [-0.1, -0.05) is 6.92 Å². The van der Waals surface area contributed by atoms with E-state index < -0.39 is 36.2 Å². The average molecular weight is 421 g/mol. The molecular formula is C11H20O11P3-3. The van der Waals surface area contributed by atoms with Gasteiger partial charge in [0.2, 0.25) is 0 Å². The van der Waals surface area contributed by atoms with Gasteiger partial charge in [-0.05, 0) is 37.5 Å². The lowest BCUT2D eigenvalue weighted by Crippen LogP contribution is -2.33. The fourth-order valence-electron chi connectivity index (χ4n) is 2.96. The van der Waals surface area contributed by atoms with E-state index in [2.05, 4.69) is 24.6 Å². The Balaban J connectivity index is 1.78. The Kier molecular flexibility index (Phi) is 7.08. The Morgan fingerprint density at radius 3 is 2.16 bits per heavy atom. The molecule has 0 radical (unpaired) electrons. The maximum atomic E-state index is 11.5. The van der Waals surface area contributed by atoms with E-state index in [9.17, 15) is 28.4 Å². The van der Waals surface area contributed by atoms with Gasteiger partial charge in [0.15, 0.2) is 0 Å². The molecule has 1 aliphatic carbocycles. The van der Waals surface area contributed by atoms with Crippen molar-refractivity contribution in [1.82, 2.24) is 0 Å². The SMILES string of the molecule is COP(=O)([O-])OP(=O)([O-])OP(=O)([O-])OC[C@@H]1CC[C@H](C2CC(C)C2)O1. The molecule has 0 aromatic carbocycles. The second-order valence-corrected chi connectivity index (χ2v) is 10.8. The second-order valence-electron chi connectivity index (χ2n) is 6.19. The molecule has 0 aromatic rings. The van der Waals surface area contributed by atoms with Crippen LogP contribution in [0.25, 0.3) is 0 Å². The molecule has 148 valence electrons. The van der Waals surface area contributed by atoms with Crippen LogP contribution in [0.1, 0.15) is 32.6 Å². The summed E-state index contributed by atoms with van der Waals surface area (Å²) in [5.74, 6) is 1.11. The van der Waals surface area contributed by atoms with Gasteiger partial charge in [-0.2, -0.15) is 0 Å². The summed E-state index contributed by atoms with van der Waals surface area (Å²) < 4.78 is 54.9. The molecule has 1 aliphatic heterocycles. The highest BCUT2D eigenvalue weighted by Gasteiger charge is 2.38. The molecule has 0 aromatic heterocycles. The van der Waals surface area contributed by atoms with E-state index in [-0.39, 0.29) is 6.10 Å². The summed E-state index contributed by atoms with van der Waals surface area (Å²) in [4.78, 5) is 33.7. The molecule has 2 aliphatic rings. The molecule has 0 amide bonds. The first-order valence-corrected chi connectivity index (χ1v) is 12.0. The van der Waals surface area contributed by atoms with Gasteiger partial charge >= 0.3 is 0 Å². The van der Waals surface area contributed by atoms with E-state index >= 15 is 0 Å². The first kappa shape index (κ1) is 21.7. The van der Waals surface area contributed by atoms with Crippen molar-refractivity contribution in [2.45, 2.75) is 44.8 Å². The highest BCUT2D eigenvalue weighted by atomic mass is 31.3. The lowest BCUT2D eigenvalue weighted by Gasteiger charge is -2.37. The van der Waals surface area contributed by atoms with E-state index in [1.807, 2.05) is 0 Å². The standard InChI is InChI=1S/C11H23O11P3/c1-8-5-9(6-8)11-4-3-10(20-11)7-19-24(14,15)22-25(16,17)21-23(12,13)18-2/h8-11H,3-7H2,1-2H3,(H,12,13)(H,14,15)(H,16,17)/p-3/t8?,9?,10-,11+/m0/s1. The molecule has 0 N–H and O–H groups in total. The lowest BCUT2D eigenvalue weighted by atomic mass is 9.72. The van der Waals surface area contributed by atoms with Gasteiger partial charge < -0.3 is 28.5 Å². The molecule has 14 heteroatoms. The van der Waals surface area contributed by atoms with Crippen LogP contribution in [0.2, 0.25) is 0 Å². The smallest absolute Gasteiger partial charge is 0.280 e. The van der Waals surface area contributed by atoms with E-state index in [0.29, 0.717) is 25.4 Å². The summed E-state index contributed by atoms with van der Waals surface area (Å²) in [6, 6.07) is 0. The van der Waals surface area contributed by atoms with Crippen molar-refractivity contribution >= 4 is 23.5 Å². The van der Waals surface area contributed by atoms with Gasteiger partial charge in [0.1, 0.15) is 0 Å². The summed E-state index contributed by atoms with van der Waals surface area (Å²) in [6.45, 7) is 1.71. The normalized spacial score (nSPS) is 36.8. The number of phosphoric acid groups is 3. The van der Waals surface area contributed by atoms with Crippen LogP contribution in [-0.4, -0.2) is 25.9 Å². The predicted molar refractivity (Wildman–Crippen MR) is 77.7 cm³/mol. The van der Waals surface area contributed by atoms with E-state index in [0.717, 1.165) is 19.3 Å². The Morgan fingerprint density at radius 1 is 1.00 bits per heavy atom. The third-order valence-electron chi connectivity index (χ3n) is 4.12. The molecule has 25 heavy (non-hydrogen) atoms. The van der Waals surface area contributed by atoms with Crippen molar-refractivity contribution in [3.05, 3.63) is 0 Å². The first-order chi connectivity index (χ1) is 11.4. The average Bonchev–Trinajstić information content (AvgIpc) is 2.88. The molecule has 1 saturated carbocycles. The largest absolute Gasteiger partial charge is 0.756 e. The highest BCUT2D eigenvalue weighted by molar-refractivity contribution is 7.65. The minimum Gasteiger partial charge on any atom is -0.756 e. The van der Waals surface area contributed by atoms with E-state index in [1.165, 1.54) is 0 Å². The van der Waals surface area contributed by atoms with Crippen LogP contribution in [0, 0.1) is 11.8 Å². The molecule has 2 rings (SSSR count). The first-order valence-electron chi connectivity index (χ1n) is 7.63. The Hall–Kier alpha value is 0.370. The number of phosphoric ester groups is 2. The van der Waals surface area contributed by atoms with Gasteiger partial charge in [-0.15, -0.1) is 0 Å². The summed E-state index contributed by atoms with van der Waals surface area (Å²) in [5.41, 5.74) is 0. The molecule has 3 unspecified atom stereocenters. The summed E-state index contributed by atoms with van der Waals surface area (Å²) in [5, 5.41) is 0. The fourth-order valence-corrected chi connectivity index (χ4v) is 6.11. The zero-order valence-corrected chi connectivity index (χ0v) is 16.4. The van der Waals surface area contributed by atoms with Gasteiger partial charge in [-0.25, -0.2) is 8.62 Å². The Labute approximate surface area is 145 Å². The van der Waals surface area contributed by atoms with Gasteiger partial charge in [0.25, 0.3) is 23.5 Å². The number of hydrogen-bond acceptors (Lipinski definition) is 11. The quantitative estimate of drug-likeness (QED) is 0.480. The van der Waals surface area contributed by atoms with E-state index in [1.54, 1.807) is 0 Å². The van der Waals surface area contributed by atoms with Crippen LogP contribution >= 0.6 is 23.5 Å². The minimum atomic E-state index is -5.74. The Bertz CT molecular complexity index is 604. The zero-order valence-electron chi connectivity index (χ0n) is 13.7. The highest BCUT2D eigenvalue weighted by Crippen LogP contribution is 2.62. The predicted octanol–water partition coefficient (Wildman–Crippen LogP) is 0.681. The molecule has 2 fully saturated rings. The lowest BCUT2D eigenvalue weighted by molar-refractivity contribution is -0.251. The van der Waals surface area contributed by atoms with Gasteiger partial charge in [0, 0.05) is 7.11 Å². The molecule has 1 heterocycles. The van der Waals surface area contributed by atoms with E-state index in [4.69, 9.17) is 4.74 Å². The molecule has 5 atom stereocenters. The summed E-state index contributed by atoms with van der Waals surface area (Å²) in [7, 11) is -15.7. The minimum absolute atomic E-state index is 0.0405. The van der Waals surface area contributed by atoms with Crippen LogP contribution in [0.5, 0.6) is 0 Å². The van der Waals surface area contributed by atoms with Gasteiger partial charge in [0.05, 0.1) is 18.8 Å². The van der Waals surface area contributed by atoms with Crippen LogP contribution in [0.4, 0.5) is 0 Å². The van der Waals surface area contributed by atoms with Crippen LogP contribution in [0.3, 0.4) is 0 Å². The monoisotopic (exact) mass is 421 g/mol. The maximum Gasteiger partial charge on any atom is 0.280 e. The number of rotatable bonds is 9. The van der Waals surface area contributed by atoms with Crippen molar-refractivity contribution < 1.29 is 50.8 Å². The molecule has 0 spiro atoms. The van der Waals surface area contributed by atoms with Crippen molar-refractivity contribution in [3.8, 4) is 0 Å². The molecule has 0 bridgehead atoms. The fraction of sp³-hybridized carbons (Fsp3) is 1.00. The third-order valence-corrected chi connectivity index (χ3v) is 8.23. The number of hydrogen-bond donors (Lipinski definition) is 0. The third kappa shape index (κ3) is 6.79. The van der Waals surface area contributed by atoms with Crippen molar-refractivity contribution in [3.63, 3.8) is 0 Å². The maximum absolute atomic E-state index is 11.5. The zero-order chi connectivity index (χ0) is 18.9. The van der Waals surface area contributed by atoms with Crippen LogP contribution in [0.15, 0.2) is 0 Å². The second kappa shape index (κ2) is 8.17. The van der Waals surface area contributed by atoms with Crippen molar-refractivity contribution in [1.29, 1.82) is 0 Å².